The lowest BCUT2D eigenvalue weighted by molar-refractivity contribution is -0.139. The van der Waals surface area contributed by atoms with Crippen molar-refractivity contribution in [2.45, 2.75) is 51.5 Å². The first-order valence-corrected chi connectivity index (χ1v) is 6.88. The van der Waals surface area contributed by atoms with Crippen molar-refractivity contribution in [3.05, 3.63) is 0 Å². The van der Waals surface area contributed by atoms with Crippen molar-refractivity contribution in [1.29, 1.82) is 0 Å². The van der Waals surface area contributed by atoms with Crippen LogP contribution in [0.5, 0.6) is 0 Å². The highest BCUT2D eigenvalue weighted by atomic mass is 16.5. The van der Waals surface area contributed by atoms with Crippen molar-refractivity contribution < 1.29 is 19.4 Å². The number of hydrogen-bond acceptors (Lipinski definition) is 3. The van der Waals surface area contributed by atoms with Crippen molar-refractivity contribution in [1.82, 2.24) is 10.6 Å². The summed E-state index contributed by atoms with van der Waals surface area (Å²) in [5.74, 6) is -0.983. The number of rotatable bonds is 11. The molecule has 112 valence electrons. The lowest BCUT2D eigenvalue weighted by atomic mass is 10.1. The normalized spacial score (nSPS) is 11.9. The maximum Gasteiger partial charge on any atom is 0.326 e. The highest BCUT2D eigenvalue weighted by Gasteiger charge is 2.18. The molecule has 0 spiro atoms. The van der Waals surface area contributed by atoms with E-state index in [1.165, 1.54) is 0 Å². The number of amides is 2. The fourth-order valence-corrected chi connectivity index (χ4v) is 1.63. The van der Waals surface area contributed by atoms with Crippen molar-refractivity contribution in [3.63, 3.8) is 0 Å². The summed E-state index contributed by atoms with van der Waals surface area (Å²) < 4.78 is 4.92. The van der Waals surface area contributed by atoms with Crippen LogP contribution in [0.3, 0.4) is 0 Å². The number of carboxylic acid groups (broad SMARTS) is 1. The standard InChI is InChI=1S/C13H26N2O4/c1-3-4-8-11(12(16)17)15-13(18)14-9-6-5-7-10-19-2/h11H,3-10H2,1-2H3,(H,16,17)(H2,14,15,18)/t11-/m0/s1. The number of aliphatic carboxylic acids is 1. The van der Waals surface area contributed by atoms with Gasteiger partial charge >= 0.3 is 12.0 Å². The number of hydrogen-bond donors (Lipinski definition) is 3. The van der Waals surface area contributed by atoms with Gasteiger partial charge in [0.05, 0.1) is 0 Å². The molecule has 0 rings (SSSR count). The van der Waals surface area contributed by atoms with E-state index in [0.29, 0.717) is 13.0 Å². The molecular formula is C13H26N2O4. The number of carbonyl (C=O) groups is 2. The molecule has 0 aliphatic rings. The van der Waals surface area contributed by atoms with Crippen LogP contribution in [-0.4, -0.2) is 43.4 Å². The molecule has 0 unspecified atom stereocenters. The van der Waals surface area contributed by atoms with Crippen LogP contribution in [0.2, 0.25) is 0 Å². The van der Waals surface area contributed by atoms with Crippen LogP contribution in [0.15, 0.2) is 0 Å². The molecule has 0 bridgehead atoms. The van der Waals surface area contributed by atoms with E-state index in [9.17, 15) is 9.59 Å². The summed E-state index contributed by atoms with van der Waals surface area (Å²) in [5, 5.41) is 14.1. The Bertz CT molecular complexity index is 259. The molecule has 0 aliphatic heterocycles. The van der Waals surface area contributed by atoms with Crippen molar-refractivity contribution in [2.75, 3.05) is 20.3 Å². The van der Waals surface area contributed by atoms with Crippen molar-refractivity contribution >= 4 is 12.0 Å². The Morgan fingerprint density at radius 1 is 1.21 bits per heavy atom. The topological polar surface area (TPSA) is 87.7 Å². The summed E-state index contributed by atoms with van der Waals surface area (Å²) >= 11 is 0. The van der Waals surface area contributed by atoms with Crippen LogP contribution in [0.25, 0.3) is 0 Å². The molecule has 0 fully saturated rings. The van der Waals surface area contributed by atoms with Gasteiger partial charge < -0.3 is 20.5 Å². The number of nitrogens with one attached hydrogen (secondary N) is 2. The smallest absolute Gasteiger partial charge is 0.326 e. The van der Waals surface area contributed by atoms with Gasteiger partial charge in [0.15, 0.2) is 0 Å². The van der Waals surface area contributed by atoms with Crippen LogP contribution in [0.4, 0.5) is 4.79 Å². The van der Waals surface area contributed by atoms with Gasteiger partial charge in [-0.15, -0.1) is 0 Å². The highest BCUT2D eigenvalue weighted by molar-refractivity contribution is 5.82. The van der Waals surface area contributed by atoms with Gasteiger partial charge in [0.1, 0.15) is 6.04 Å². The summed E-state index contributed by atoms with van der Waals surface area (Å²) in [6, 6.07) is -1.20. The van der Waals surface area contributed by atoms with E-state index in [0.717, 1.165) is 38.7 Å². The van der Waals surface area contributed by atoms with E-state index in [1.807, 2.05) is 6.92 Å². The first-order chi connectivity index (χ1) is 9.11. The molecule has 2 amide bonds. The zero-order chi connectivity index (χ0) is 14.5. The summed E-state index contributed by atoms with van der Waals surface area (Å²) in [4.78, 5) is 22.4. The maximum atomic E-state index is 11.5. The molecule has 6 nitrogen and oxygen atoms in total. The lowest BCUT2D eigenvalue weighted by Crippen LogP contribution is -2.46. The minimum atomic E-state index is -0.983. The number of ether oxygens (including phenoxy) is 1. The van der Waals surface area contributed by atoms with E-state index in [4.69, 9.17) is 9.84 Å². The third-order valence-corrected chi connectivity index (χ3v) is 2.76. The predicted molar refractivity (Wildman–Crippen MR) is 73.2 cm³/mol. The second-order valence-corrected chi connectivity index (χ2v) is 4.49. The van der Waals surface area contributed by atoms with Crippen LogP contribution in [0, 0.1) is 0 Å². The molecule has 6 heteroatoms. The maximum absolute atomic E-state index is 11.5. The Morgan fingerprint density at radius 3 is 2.53 bits per heavy atom. The largest absolute Gasteiger partial charge is 0.480 e. The quantitative estimate of drug-likeness (QED) is 0.501. The average Bonchev–Trinajstić information content (AvgIpc) is 2.38. The molecule has 1 atom stereocenters. The third kappa shape index (κ3) is 10.3. The summed E-state index contributed by atoms with van der Waals surface area (Å²) in [5.41, 5.74) is 0. The summed E-state index contributed by atoms with van der Waals surface area (Å²) in [6.45, 7) is 3.26. The number of methoxy groups -OCH3 is 1. The van der Waals surface area contributed by atoms with Gasteiger partial charge in [-0.25, -0.2) is 9.59 Å². The SMILES string of the molecule is CCCC[C@H](NC(=O)NCCCCCOC)C(=O)O. The van der Waals surface area contributed by atoms with E-state index < -0.39 is 18.0 Å². The molecule has 3 N–H and O–H groups in total. The minimum Gasteiger partial charge on any atom is -0.480 e. The molecule has 0 aromatic rings. The van der Waals surface area contributed by atoms with Gasteiger partial charge in [0, 0.05) is 20.3 Å². The third-order valence-electron chi connectivity index (χ3n) is 2.76. The second-order valence-electron chi connectivity index (χ2n) is 4.49. The number of urea groups is 1. The Hall–Kier alpha value is -1.30. The first kappa shape index (κ1) is 17.7. The molecule has 0 radical (unpaired) electrons. The summed E-state index contributed by atoms with van der Waals surface area (Å²) in [6.07, 6.45) is 4.97. The van der Waals surface area contributed by atoms with E-state index in [1.54, 1.807) is 7.11 Å². The van der Waals surface area contributed by atoms with Gasteiger partial charge in [-0.05, 0) is 25.7 Å². The first-order valence-electron chi connectivity index (χ1n) is 6.88. The molecule has 19 heavy (non-hydrogen) atoms. The monoisotopic (exact) mass is 274 g/mol. The minimum absolute atomic E-state index is 0.407. The molecule has 0 aromatic carbocycles. The molecule has 0 aromatic heterocycles. The van der Waals surface area contributed by atoms with Crippen LogP contribution < -0.4 is 10.6 Å². The van der Waals surface area contributed by atoms with Gasteiger partial charge in [0.25, 0.3) is 0 Å². The number of carboxylic acids is 1. The number of unbranched alkanes of at least 4 members (excludes halogenated alkanes) is 3. The highest BCUT2D eigenvalue weighted by Crippen LogP contribution is 2.00. The Balaban J connectivity index is 3.71. The average molecular weight is 274 g/mol. The van der Waals surface area contributed by atoms with Crippen LogP contribution in [-0.2, 0) is 9.53 Å². The van der Waals surface area contributed by atoms with Gasteiger partial charge in [0.2, 0.25) is 0 Å². The molecule has 0 heterocycles. The molecule has 0 saturated carbocycles. The Morgan fingerprint density at radius 2 is 1.95 bits per heavy atom. The lowest BCUT2D eigenvalue weighted by Gasteiger charge is -2.14. The van der Waals surface area contributed by atoms with E-state index >= 15 is 0 Å². The van der Waals surface area contributed by atoms with E-state index in [-0.39, 0.29) is 0 Å². The fraction of sp³-hybridized carbons (Fsp3) is 0.846. The molecular weight excluding hydrogens is 248 g/mol. The van der Waals surface area contributed by atoms with Crippen LogP contribution >= 0.6 is 0 Å². The van der Waals surface area contributed by atoms with E-state index in [2.05, 4.69) is 10.6 Å². The zero-order valence-corrected chi connectivity index (χ0v) is 11.9. The second kappa shape index (κ2) is 11.8. The predicted octanol–water partition coefficient (Wildman–Crippen LogP) is 1.75. The molecule has 0 saturated heterocycles. The van der Waals surface area contributed by atoms with Gasteiger partial charge in [-0.1, -0.05) is 19.8 Å². The fourth-order valence-electron chi connectivity index (χ4n) is 1.63. The van der Waals surface area contributed by atoms with Gasteiger partial charge in [-0.2, -0.15) is 0 Å². The van der Waals surface area contributed by atoms with Crippen LogP contribution in [0.1, 0.15) is 45.4 Å². The van der Waals surface area contributed by atoms with Gasteiger partial charge in [-0.3, -0.25) is 0 Å². The Labute approximate surface area is 114 Å². The number of carbonyl (C=O) groups excluding carboxylic acids is 1. The van der Waals surface area contributed by atoms with Crippen molar-refractivity contribution in [3.8, 4) is 0 Å². The van der Waals surface area contributed by atoms with Crippen molar-refractivity contribution in [2.24, 2.45) is 0 Å². The zero-order valence-electron chi connectivity index (χ0n) is 11.9. The summed E-state index contributed by atoms with van der Waals surface area (Å²) in [7, 11) is 1.66. The molecule has 0 aliphatic carbocycles. The Kier molecular flexibility index (Phi) is 11.0.